The lowest BCUT2D eigenvalue weighted by molar-refractivity contribution is -0.0916. The van der Waals surface area contributed by atoms with Gasteiger partial charge in [0.15, 0.2) is 0 Å². The summed E-state index contributed by atoms with van der Waals surface area (Å²) in [6, 6.07) is 8.09. The van der Waals surface area contributed by atoms with Crippen molar-refractivity contribution in [3.05, 3.63) is 0 Å². The predicted molar refractivity (Wildman–Crippen MR) is 91.3 cm³/mol. The average Bonchev–Trinajstić information content (AvgIpc) is 2.65. The topological polar surface area (TPSA) is 132 Å². The lowest BCUT2D eigenvalue weighted by Crippen LogP contribution is -2.34. The van der Waals surface area contributed by atoms with Gasteiger partial charge in [0.25, 0.3) is 0 Å². The standard InChI is InChI=1S/C18H26N4O4/c19-7-1-11-23-15-5-17(25-13-3-9-21)18(26-14-4-10-22)6-16-24-12-2-8-20/h17-18H,1-6,11-16H2. The van der Waals surface area contributed by atoms with E-state index in [1.807, 2.05) is 24.3 Å². The highest BCUT2D eigenvalue weighted by Crippen LogP contribution is 2.14. The second kappa shape index (κ2) is 19.1. The number of ether oxygens (including phenoxy) is 4. The van der Waals surface area contributed by atoms with Gasteiger partial charge in [-0.25, -0.2) is 0 Å². The van der Waals surface area contributed by atoms with E-state index in [1.54, 1.807) is 0 Å². The van der Waals surface area contributed by atoms with Crippen LogP contribution in [-0.2, 0) is 18.9 Å². The first-order valence-electron chi connectivity index (χ1n) is 8.66. The van der Waals surface area contributed by atoms with Crippen LogP contribution in [0, 0.1) is 45.3 Å². The number of nitrogens with zero attached hydrogens (tertiary/aromatic N) is 4. The minimum atomic E-state index is -0.302. The quantitative estimate of drug-likeness (QED) is 0.360. The van der Waals surface area contributed by atoms with E-state index in [0.29, 0.717) is 52.1 Å². The van der Waals surface area contributed by atoms with Gasteiger partial charge in [0.05, 0.1) is 88.6 Å². The van der Waals surface area contributed by atoms with Gasteiger partial charge in [-0.15, -0.1) is 0 Å². The molecule has 8 nitrogen and oxygen atoms in total. The van der Waals surface area contributed by atoms with Crippen molar-refractivity contribution in [2.75, 3.05) is 39.6 Å². The van der Waals surface area contributed by atoms with E-state index in [-0.39, 0.29) is 38.3 Å². The van der Waals surface area contributed by atoms with Crippen molar-refractivity contribution in [1.29, 1.82) is 21.0 Å². The molecule has 0 radical (unpaired) electrons. The van der Waals surface area contributed by atoms with Crippen LogP contribution in [0.1, 0.15) is 38.5 Å². The fourth-order valence-electron chi connectivity index (χ4n) is 2.10. The van der Waals surface area contributed by atoms with Gasteiger partial charge < -0.3 is 18.9 Å². The maximum Gasteiger partial charge on any atom is 0.0859 e. The summed E-state index contributed by atoms with van der Waals surface area (Å²) in [5.74, 6) is 0. The Hall–Kier alpha value is -2.20. The second-order valence-electron chi connectivity index (χ2n) is 5.25. The molecule has 0 heterocycles. The summed E-state index contributed by atoms with van der Waals surface area (Å²) < 4.78 is 22.4. The molecule has 0 aromatic rings. The van der Waals surface area contributed by atoms with Crippen LogP contribution in [0.15, 0.2) is 0 Å². The summed E-state index contributed by atoms with van der Waals surface area (Å²) in [5, 5.41) is 34.4. The van der Waals surface area contributed by atoms with Crippen LogP contribution in [0.5, 0.6) is 0 Å². The van der Waals surface area contributed by atoms with Crippen LogP contribution >= 0.6 is 0 Å². The monoisotopic (exact) mass is 362 g/mol. The molecule has 26 heavy (non-hydrogen) atoms. The second-order valence-corrected chi connectivity index (χ2v) is 5.25. The molecule has 0 aliphatic heterocycles. The molecule has 0 aromatic carbocycles. The van der Waals surface area contributed by atoms with Gasteiger partial charge in [0.1, 0.15) is 0 Å². The SMILES string of the molecule is N#CCCOCCC(OCCC#N)C(CCOCCC#N)OCCC#N. The first-order chi connectivity index (χ1) is 12.8. The summed E-state index contributed by atoms with van der Waals surface area (Å²) in [5.41, 5.74) is 0. The normalized spacial score (nSPS) is 12.3. The smallest absolute Gasteiger partial charge is 0.0859 e. The molecule has 0 N–H and O–H groups in total. The van der Waals surface area contributed by atoms with Gasteiger partial charge in [-0.05, 0) is 12.8 Å². The van der Waals surface area contributed by atoms with Crippen LogP contribution in [0.2, 0.25) is 0 Å². The van der Waals surface area contributed by atoms with E-state index in [2.05, 4.69) is 0 Å². The third kappa shape index (κ3) is 14.2. The summed E-state index contributed by atoms with van der Waals surface area (Å²) in [6.07, 6.45) is 1.69. The first kappa shape index (κ1) is 23.8. The van der Waals surface area contributed by atoms with E-state index in [4.69, 9.17) is 40.0 Å². The molecule has 0 aliphatic rings. The predicted octanol–water partition coefficient (Wildman–Crippen LogP) is 2.22. The van der Waals surface area contributed by atoms with Crippen LogP contribution < -0.4 is 0 Å². The van der Waals surface area contributed by atoms with Crippen LogP contribution in [0.4, 0.5) is 0 Å². The van der Waals surface area contributed by atoms with Crippen LogP contribution in [0.3, 0.4) is 0 Å². The molecule has 142 valence electrons. The van der Waals surface area contributed by atoms with Gasteiger partial charge in [-0.1, -0.05) is 0 Å². The van der Waals surface area contributed by atoms with E-state index in [9.17, 15) is 0 Å². The van der Waals surface area contributed by atoms with E-state index >= 15 is 0 Å². The molecule has 0 amide bonds. The van der Waals surface area contributed by atoms with Crippen molar-refractivity contribution in [3.8, 4) is 24.3 Å². The summed E-state index contributed by atoms with van der Waals surface area (Å²) >= 11 is 0. The van der Waals surface area contributed by atoms with Crippen molar-refractivity contribution < 1.29 is 18.9 Å². The van der Waals surface area contributed by atoms with E-state index in [1.165, 1.54) is 0 Å². The molecule has 2 unspecified atom stereocenters. The molecule has 8 heteroatoms. The maximum atomic E-state index is 8.69. The highest BCUT2D eigenvalue weighted by Gasteiger charge is 2.23. The van der Waals surface area contributed by atoms with Gasteiger partial charge in [0.2, 0.25) is 0 Å². The van der Waals surface area contributed by atoms with Gasteiger partial charge in [-0.3, -0.25) is 0 Å². The molecular weight excluding hydrogens is 336 g/mol. The number of nitriles is 4. The molecule has 0 spiro atoms. The molecule has 0 fully saturated rings. The van der Waals surface area contributed by atoms with Gasteiger partial charge in [-0.2, -0.15) is 21.0 Å². The Balaban J connectivity index is 4.57. The Morgan fingerprint density at radius 3 is 1.19 bits per heavy atom. The van der Waals surface area contributed by atoms with Crippen molar-refractivity contribution in [2.45, 2.75) is 50.7 Å². The Labute approximate surface area is 155 Å². The Morgan fingerprint density at radius 1 is 0.500 bits per heavy atom. The zero-order chi connectivity index (χ0) is 19.3. The minimum absolute atomic E-state index is 0.273. The fraction of sp³-hybridized carbons (Fsp3) is 0.778. The number of hydrogen-bond donors (Lipinski definition) is 0. The van der Waals surface area contributed by atoms with Gasteiger partial charge in [0, 0.05) is 13.2 Å². The average molecular weight is 362 g/mol. The van der Waals surface area contributed by atoms with Crippen molar-refractivity contribution >= 4 is 0 Å². The highest BCUT2D eigenvalue weighted by molar-refractivity contribution is 4.76. The first-order valence-corrected chi connectivity index (χ1v) is 8.66. The van der Waals surface area contributed by atoms with Gasteiger partial charge >= 0.3 is 0 Å². The Bertz CT molecular complexity index is 455. The molecule has 2 atom stereocenters. The lowest BCUT2D eigenvalue weighted by Gasteiger charge is -2.27. The zero-order valence-electron chi connectivity index (χ0n) is 15.1. The van der Waals surface area contributed by atoms with E-state index in [0.717, 1.165) is 0 Å². The van der Waals surface area contributed by atoms with Crippen molar-refractivity contribution in [1.82, 2.24) is 0 Å². The largest absolute Gasteiger partial charge is 0.380 e. The van der Waals surface area contributed by atoms with E-state index < -0.39 is 0 Å². The third-order valence-electron chi connectivity index (χ3n) is 3.32. The highest BCUT2D eigenvalue weighted by atomic mass is 16.5. The summed E-state index contributed by atoms with van der Waals surface area (Å²) in [7, 11) is 0. The lowest BCUT2D eigenvalue weighted by atomic mass is 10.1. The molecule has 0 saturated heterocycles. The Morgan fingerprint density at radius 2 is 0.846 bits per heavy atom. The number of rotatable bonds is 17. The molecule has 0 aromatic heterocycles. The zero-order valence-corrected chi connectivity index (χ0v) is 15.1. The van der Waals surface area contributed by atoms with Crippen molar-refractivity contribution in [3.63, 3.8) is 0 Å². The third-order valence-corrected chi connectivity index (χ3v) is 3.32. The fourth-order valence-corrected chi connectivity index (χ4v) is 2.10. The van der Waals surface area contributed by atoms with Crippen LogP contribution in [0.25, 0.3) is 0 Å². The Kier molecular flexibility index (Phi) is 17.5. The summed E-state index contributed by atoms with van der Waals surface area (Å²) in [4.78, 5) is 0. The molecule has 0 bridgehead atoms. The molecule has 0 rings (SSSR count). The summed E-state index contributed by atoms with van der Waals surface area (Å²) in [6.45, 7) is 2.11. The molecular formula is C18H26N4O4. The molecule has 0 aliphatic carbocycles. The molecule has 0 saturated carbocycles. The van der Waals surface area contributed by atoms with Crippen molar-refractivity contribution in [2.24, 2.45) is 0 Å². The minimum Gasteiger partial charge on any atom is -0.380 e. The number of hydrogen-bond acceptors (Lipinski definition) is 8. The van der Waals surface area contributed by atoms with Crippen LogP contribution in [-0.4, -0.2) is 51.8 Å². The maximum absolute atomic E-state index is 8.69.